The Balaban J connectivity index is 2.74. The number of aliphatic hydroxyl groups is 1. The van der Waals surface area contributed by atoms with Gasteiger partial charge in [-0.25, -0.2) is 0 Å². The van der Waals surface area contributed by atoms with Gasteiger partial charge in [-0.05, 0) is 37.0 Å². The van der Waals surface area contributed by atoms with Crippen molar-refractivity contribution in [3.8, 4) is 5.75 Å². The van der Waals surface area contributed by atoms with Crippen LogP contribution in [-0.2, 0) is 20.9 Å². The van der Waals surface area contributed by atoms with E-state index in [0.29, 0.717) is 32.4 Å². The molecule has 0 aliphatic rings. The van der Waals surface area contributed by atoms with Crippen molar-refractivity contribution in [3.63, 3.8) is 0 Å². The monoisotopic (exact) mass is 337 g/mol. The lowest BCUT2D eigenvalue weighted by molar-refractivity contribution is -0.147. The van der Waals surface area contributed by atoms with E-state index in [1.807, 2.05) is 31.2 Å². The van der Waals surface area contributed by atoms with Crippen molar-refractivity contribution in [2.24, 2.45) is 0 Å². The Hall–Kier alpha value is -1.92. The smallest absolute Gasteiger partial charge is 0.292 e. The third-order valence-corrected chi connectivity index (χ3v) is 3.77. The average molecular weight is 337 g/mol. The zero-order chi connectivity index (χ0) is 17.9. The zero-order valence-corrected chi connectivity index (χ0v) is 14.7. The summed E-state index contributed by atoms with van der Waals surface area (Å²) in [7, 11) is 2.98. The number of carbonyl (C=O) groups is 2. The molecule has 0 aliphatic heterocycles. The van der Waals surface area contributed by atoms with E-state index in [9.17, 15) is 14.7 Å². The summed E-state index contributed by atoms with van der Waals surface area (Å²) in [6, 6.07) is 7.35. The lowest BCUT2D eigenvalue weighted by Gasteiger charge is -2.22. The van der Waals surface area contributed by atoms with Crippen LogP contribution in [0.1, 0.15) is 31.7 Å². The number of ether oxygens (including phenoxy) is 2. The summed E-state index contributed by atoms with van der Waals surface area (Å²) in [6.45, 7) is 2.43. The van der Waals surface area contributed by atoms with Gasteiger partial charge < -0.3 is 19.5 Å². The molecule has 1 rings (SSSR count). The van der Waals surface area contributed by atoms with Crippen molar-refractivity contribution < 1.29 is 24.2 Å². The Labute approximate surface area is 143 Å². The SMILES string of the molecule is CCC(O)CCCN(Cc1ccc(OC)cc1)C(=O)C(=O)COC. The topological polar surface area (TPSA) is 76.1 Å². The van der Waals surface area contributed by atoms with Gasteiger partial charge in [-0.3, -0.25) is 9.59 Å². The molecule has 1 atom stereocenters. The van der Waals surface area contributed by atoms with Crippen molar-refractivity contribution in [2.75, 3.05) is 27.4 Å². The van der Waals surface area contributed by atoms with Crippen LogP contribution in [0.4, 0.5) is 0 Å². The number of ketones is 1. The van der Waals surface area contributed by atoms with E-state index >= 15 is 0 Å². The number of hydrogen-bond acceptors (Lipinski definition) is 5. The number of nitrogens with zero attached hydrogens (tertiary/aromatic N) is 1. The van der Waals surface area contributed by atoms with Crippen molar-refractivity contribution in [2.45, 2.75) is 38.8 Å². The number of benzene rings is 1. The van der Waals surface area contributed by atoms with Crippen LogP contribution in [0.25, 0.3) is 0 Å². The molecule has 134 valence electrons. The molecule has 0 heterocycles. The third-order valence-electron chi connectivity index (χ3n) is 3.77. The Kier molecular flexibility index (Phi) is 9.04. The Morgan fingerprint density at radius 3 is 2.42 bits per heavy atom. The number of methoxy groups -OCH3 is 2. The van der Waals surface area contributed by atoms with Gasteiger partial charge in [0.1, 0.15) is 12.4 Å². The van der Waals surface area contributed by atoms with E-state index < -0.39 is 11.7 Å². The Bertz CT molecular complexity index is 515. The highest BCUT2D eigenvalue weighted by Gasteiger charge is 2.21. The van der Waals surface area contributed by atoms with E-state index in [0.717, 1.165) is 11.3 Å². The Morgan fingerprint density at radius 2 is 1.88 bits per heavy atom. The van der Waals surface area contributed by atoms with E-state index in [4.69, 9.17) is 9.47 Å². The molecule has 1 amide bonds. The van der Waals surface area contributed by atoms with Gasteiger partial charge in [-0.15, -0.1) is 0 Å². The highest BCUT2D eigenvalue weighted by atomic mass is 16.5. The number of hydrogen-bond donors (Lipinski definition) is 1. The summed E-state index contributed by atoms with van der Waals surface area (Å²) in [4.78, 5) is 25.7. The zero-order valence-electron chi connectivity index (χ0n) is 14.7. The molecule has 1 unspecified atom stereocenters. The minimum absolute atomic E-state index is 0.227. The quantitative estimate of drug-likeness (QED) is 0.623. The van der Waals surface area contributed by atoms with Crippen LogP contribution in [-0.4, -0.2) is 55.2 Å². The van der Waals surface area contributed by atoms with Gasteiger partial charge in [0, 0.05) is 20.2 Å². The molecule has 24 heavy (non-hydrogen) atoms. The van der Waals surface area contributed by atoms with Gasteiger partial charge >= 0.3 is 0 Å². The molecule has 6 nitrogen and oxygen atoms in total. The fraction of sp³-hybridized carbons (Fsp3) is 0.556. The maximum absolute atomic E-state index is 12.3. The molecule has 0 aromatic heterocycles. The molecule has 0 fully saturated rings. The van der Waals surface area contributed by atoms with Crippen LogP contribution in [0.15, 0.2) is 24.3 Å². The second-order valence-electron chi connectivity index (χ2n) is 5.64. The second-order valence-corrected chi connectivity index (χ2v) is 5.64. The van der Waals surface area contributed by atoms with Crippen LogP contribution in [0.5, 0.6) is 5.75 Å². The lowest BCUT2D eigenvalue weighted by Crippen LogP contribution is -2.38. The first-order valence-corrected chi connectivity index (χ1v) is 8.13. The summed E-state index contributed by atoms with van der Waals surface area (Å²) >= 11 is 0. The van der Waals surface area contributed by atoms with Crippen LogP contribution in [0.2, 0.25) is 0 Å². The third kappa shape index (κ3) is 6.68. The first kappa shape index (κ1) is 20.1. The normalized spacial score (nSPS) is 11.8. The minimum atomic E-state index is -0.568. The lowest BCUT2D eigenvalue weighted by atomic mass is 10.1. The molecule has 1 N–H and O–H groups in total. The standard InChI is InChI=1S/C18H27NO5/c1-4-15(20)6-5-11-19(18(22)17(21)13-23-2)12-14-7-9-16(24-3)10-8-14/h7-10,15,20H,4-6,11-13H2,1-3H3. The molecule has 6 heteroatoms. The number of Topliss-reactive ketones (excluding diaryl/α,β-unsaturated/α-hetero) is 1. The van der Waals surface area contributed by atoms with Crippen LogP contribution in [0, 0.1) is 0 Å². The van der Waals surface area contributed by atoms with Crippen molar-refractivity contribution in [1.82, 2.24) is 4.90 Å². The van der Waals surface area contributed by atoms with Gasteiger partial charge in [0.25, 0.3) is 5.91 Å². The van der Waals surface area contributed by atoms with Gasteiger partial charge in [-0.1, -0.05) is 19.1 Å². The highest BCUT2D eigenvalue weighted by molar-refractivity contribution is 6.36. The van der Waals surface area contributed by atoms with Gasteiger partial charge in [0.15, 0.2) is 0 Å². The first-order chi connectivity index (χ1) is 11.5. The summed E-state index contributed by atoms with van der Waals surface area (Å²) in [5, 5.41) is 9.65. The molecule has 1 aromatic carbocycles. The van der Waals surface area contributed by atoms with E-state index in [1.165, 1.54) is 12.0 Å². The molecule has 0 aliphatic carbocycles. The predicted molar refractivity (Wildman–Crippen MR) is 90.8 cm³/mol. The maximum atomic E-state index is 12.3. The molecule has 1 aromatic rings. The van der Waals surface area contributed by atoms with Gasteiger partial charge in [-0.2, -0.15) is 0 Å². The number of aliphatic hydroxyl groups excluding tert-OH is 1. The van der Waals surface area contributed by atoms with Crippen LogP contribution < -0.4 is 4.74 Å². The molecular formula is C18H27NO5. The van der Waals surface area contributed by atoms with Gasteiger partial charge in [0.05, 0.1) is 13.2 Å². The summed E-state index contributed by atoms with van der Waals surface area (Å²) in [6.07, 6.45) is 1.53. The molecular weight excluding hydrogens is 310 g/mol. The largest absolute Gasteiger partial charge is 0.497 e. The van der Waals surface area contributed by atoms with Crippen molar-refractivity contribution in [1.29, 1.82) is 0 Å². The summed E-state index contributed by atoms with van der Waals surface area (Å²) in [5.74, 6) is -0.390. The Morgan fingerprint density at radius 1 is 1.21 bits per heavy atom. The molecule has 0 saturated heterocycles. The highest BCUT2D eigenvalue weighted by Crippen LogP contribution is 2.14. The van der Waals surface area contributed by atoms with Gasteiger partial charge in [0.2, 0.25) is 5.78 Å². The molecule has 0 saturated carbocycles. The average Bonchev–Trinajstić information content (AvgIpc) is 2.60. The van der Waals surface area contributed by atoms with E-state index in [2.05, 4.69) is 0 Å². The fourth-order valence-corrected chi connectivity index (χ4v) is 2.29. The number of carbonyl (C=O) groups excluding carboxylic acids is 2. The molecule has 0 spiro atoms. The summed E-state index contributed by atoms with van der Waals surface area (Å²) in [5.41, 5.74) is 0.908. The maximum Gasteiger partial charge on any atom is 0.292 e. The minimum Gasteiger partial charge on any atom is -0.497 e. The van der Waals surface area contributed by atoms with E-state index in [1.54, 1.807) is 7.11 Å². The van der Waals surface area contributed by atoms with Crippen LogP contribution >= 0.6 is 0 Å². The second kappa shape index (κ2) is 10.8. The van der Waals surface area contributed by atoms with Crippen LogP contribution in [0.3, 0.4) is 0 Å². The summed E-state index contributed by atoms with van der Waals surface area (Å²) < 4.78 is 9.88. The molecule has 0 bridgehead atoms. The fourth-order valence-electron chi connectivity index (χ4n) is 2.29. The first-order valence-electron chi connectivity index (χ1n) is 8.13. The number of amides is 1. The predicted octanol–water partition coefficient (Wildman–Crippen LogP) is 1.79. The van der Waals surface area contributed by atoms with Crippen molar-refractivity contribution >= 4 is 11.7 Å². The molecule has 0 radical (unpaired) electrons. The number of rotatable bonds is 11. The van der Waals surface area contributed by atoms with Crippen molar-refractivity contribution in [3.05, 3.63) is 29.8 Å². The van der Waals surface area contributed by atoms with E-state index in [-0.39, 0.29) is 12.7 Å².